The van der Waals surface area contributed by atoms with E-state index >= 15 is 0 Å². The molecule has 3 rings (SSSR count). The van der Waals surface area contributed by atoms with Crippen LogP contribution in [0.2, 0.25) is 0 Å². The van der Waals surface area contributed by atoms with Gasteiger partial charge in [0.25, 0.3) is 0 Å². The van der Waals surface area contributed by atoms with Crippen LogP contribution in [0.25, 0.3) is 0 Å². The minimum atomic E-state index is 0.0469. The first-order chi connectivity index (χ1) is 12.2. The van der Waals surface area contributed by atoms with Crippen molar-refractivity contribution < 1.29 is 14.1 Å². The Morgan fingerprint density at radius 1 is 1.36 bits per heavy atom. The van der Waals surface area contributed by atoms with Gasteiger partial charge in [-0.05, 0) is 31.2 Å². The molecule has 0 aliphatic carbocycles. The lowest BCUT2D eigenvalue weighted by Gasteiger charge is -2.32. The van der Waals surface area contributed by atoms with Crippen molar-refractivity contribution in [2.24, 2.45) is 0 Å². The maximum atomic E-state index is 12.4. The van der Waals surface area contributed by atoms with Crippen LogP contribution in [0, 0.1) is 6.92 Å². The lowest BCUT2D eigenvalue weighted by molar-refractivity contribution is -0.135. The fourth-order valence-electron chi connectivity index (χ4n) is 3.14. The molecular weight excluding hydrogens is 318 g/mol. The normalized spacial score (nSPS) is 17.6. The Hall–Kier alpha value is -2.21. The zero-order valence-corrected chi connectivity index (χ0v) is 14.7. The molecule has 134 valence electrons. The van der Waals surface area contributed by atoms with Crippen LogP contribution < -0.4 is 0 Å². The highest BCUT2D eigenvalue weighted by atomic mass is 16.5. The van der Waals surface area contributed by atoms with Gasteiger partial charge in [0.15, 0.2) is 5.82 Å². The smallest absolute Gasteiger partial charge is 0.223 e. The van der Waals surface area contributed by atoms with Crippen LogP contribution in [0.4, 0.5) is 0 Å². The third-order valence-corrected chi connectivity index (χ3v) is 4.45. The molecular formula is C19H25N3O3. The summed E-state index contributed by atoms with van der Waals surface area (Å²) >= 11 is 0. The molecule has 0 saturated carbocycles. The summed E-state index contributed by atoms with van der Waals surface area (Å²) in [5.41, 5.74) is 1.28. The molecule has 0 N–H and O–H groups in total. The maximum absolute atomic E-state index is 12.4. The maximum Gasteiger partial charge on any atom is 0.223 e. The van der Waals surface area contributed by atoms with E-state index in [1.54, 1.807) is 6.92 Å². The van der Waals surface area contributed by atoms with Gasteiger partial charge in [-0.2, -0.15) is 4.98 Å². The Bertz CT molecular complexity index is 672. The molecule has 1 aromatic heterocycles. The second-order valence-electron chi connectivity index (χ2n) is 6.48. The minimum absolute atomic E-state index is 0.0469. The van der Waals surface area contributed by atoms with E-state index in [0.29, 0.717) is 31.3 Å². The number of benzene rings is 1. The molecule has 1 aliphatic heterocycles. The number of rotatable bonds is 7. The lowest BCUT2D eigenvalue weighted by Crippen LogP contribution is -2.43. The predicted octanol–water partition coefficient (Wildman–Crippen LogP) is 2.91. The highest BCUT2D eigenvalue weighted by Gasteiger charge is 2.24. The zero-order valence-electron chi connectivity index (χ0n) is 14.7. The van der Waals surface area contributed by atoms with E-state index in [1.165, 1.54) is 5.56 Å². The van der Waals surface area contributed by atoms with Gasteiger partial charge in [-0.15, -0.1) is 0 Å². The van der Waals surface area contributed by atoms with Crippen molar-refractivity contribution >= 4 is 5.91 Å². The first-order valence-electron chi connectivity index (χ1n) is 8.93. The zero-order chi connectivity index (χ0) is 17.5. The monoisotopic (exact) mass is 343 g/mol. The second kappa shape index (κ2) is 8.76. The number of hydrogen-bond acceptors (Lipinski definition) is 5. The van der Waals surface area contributed by atoms with Crippen molar-refractivity contribution in [2.75, 3.05) is 13.1 Å². The van der Waals surface area contributed by atoms with Gasteiger partial charge < -0.3 is 14.2 Å². The number of likely N-dealkylation sites (tertiary alicyclic amines) is 1. The van der Waals surface area contributed by atoms with Crippen LogP contribution in [0.3, 0.4) is 0 Å². The van der Waals surface area contributed by atoms with Gasteiger partial charge in [-0.25, -0.2) is 0 Å². The minimum Gasteiger partial charge on any atom is -0.368 e. The van der Waals surface area contributed by atoms with Gasteiger partial charge in [0, 0.05) is 26.4 Å². The number of ether oxygens (including phenoxy) is 1. The molecule has 1 aromatic carbocycles. The van der Waals surface area contributed by atoms with E-state index < -0.39 is 0 Å². The number of aryl methyl sites for hydroxylation is 2. The average molecular weight is 343 g/mol. The largest absolute Gasteiger partial charge is 0.368 e. The first-order valence-corrected chi connectivity index (χ1v) is 8.93. The highest BCUT2D eigenvalue weighted by molar-refractivity contribution is 5.76. The van der Waals surface area contributed by atoms with E-state index in [1.807, 2.05) is 23.1 Å². The number of amides is 1. The van der Waals surface area contributed by atoms with Crippen molar-refractivity contribution in [1.82, 2.24) is 15.0 Å². The number of carbonyl (C=O) groups is 1. The van der Waals surface area contributed by atoms with E-state index in [-0.39, 0.29) is 12.0 Å². The van der Waals surface area contributed by atoms with Crippen molar-refractivity contribution in [3.8, 4) is 0 Å². The fourth-order valence-corrected chi connectivity index (χ4v) is 3.14. The van der Waals surface area contributed by atoms with Gasteiger partial charge in [0.2, 0.25) is 11.8 Å². The first kappa shape index (κ1) is 17.6. The molecule has 1 unspecified atom stereocenters. The number of piperidine rings is 1. The summed E-state index contributed by atoms with van der Waals surface area (Å²) in [6.45, 7) is 3.57. The quantitative estimate of drug-likeness (QED) is 0.773. The molecule has 6 nitrogen and oxygen atoms in total. The van der Waals surface area contributed by atoms with Crippen LogP contribution in [-0.2, 0) is 22.6 Å². The van der Waals surface area contributed by atoms with Crippen LogP contribution in [0.5, 0.6) is 0 Å². The molecule has 2 heterocycles. The molecule has 1 aliphatic rings. The van der Waals surface area contributed by atoms with Gasteiger partial charge in [-0.1, -0.05) is 35.5 Å². The van der Waals surface area contributed by atoms with Crippen molar-refractivity contribution in [3.05, 3.63) is 47.6 Å². The number of carbonyl (C=O) groups excluding carboxylic acids is 1. The SMILES string of the molecule is Cc1nc(COC2CCCN(C(=O)CCCc3ccccc3)C2)no1. The van der Waals surface area contributed by atoms with Crippen LogP contribution in [0.15, 0.2) is 34.9 Å². The predicted molar refractivity (Wildman–Crippen MR) is 92.8 cm³/mol. The molecule has 6 heteroatoms. The van der Waals surface area contributed by atoms with Gasteiger partial charge >= 0.3 is 0 Å². The summed E-state index contributed by atoms with van der Waals surface area (Å²) < 4.78 is 10.8. The molecule has 25 heavy (non-hydrogen) atoms. The Morgan fingerprint density at radius 2 is 2.20 bits per heavy atom. The van der Waals surface area contributed by atoms with Crippen LogP contribution >= 0.6 is 0 Å². The molecule has 0 bridgehead atoms. The fraction of sp³-hybridized carbons (Fsp3) is 0.526. The summed E-state index contributed by atoms with van der Waals surface area (Å²) in [4.78, 5) is 18.5. The molecule has 2 aromatic rings. The number of aromatic nitrogens is 2. The molecule has 1 saturated heterocycles. The van der Waals surface area contributed by atoms with E-state index in [9.17, 15) is 4.79 Å². The van der Waals surface area contributed by atoms with Crippen molar-refractivity contribution in [2.45, 2.75) is 51.7 Å². The molecule has 0 radical (unpaired) electrons. The summed E-state index contributed by atoms with van der Waals surface area (Å²) in [6, 6.07) is 10.3. The number of nitrogens with zero attached hydrogens (tertiary/aromatic N) is 3. The average Bonchev–Trinajstić information content (AvgIpc) is 3.06. The third kappa shape index (κ3) is 5.39. The van der Waals surface area contributed by atoms with Crippen molar-refractivity contribution in [1.29, 1.82) is 0 Å². The van der Waals surface area contributed by atoms with E-state index in [4.69, 9.17) is 9.26 Å². The van der Waals surface area contributed by atoms with Gasteiger partial charge in [0.05, 0.1) is 6.10 Å². The highest BCUT2D eigenvalue weighted by Crippen LogP contribution is 2.16. The Balaban J connectivity index is 1.40. The third-order valence-electron chi connectivity index (χ3n) is 4.45. The molecule has 1 amide bonds. The van der Waals surface area contributed by atoms with E-state index in [2.05, 4.69) is 22.3 Å². The molecule has 1 fully saturated rings. The summed E-state index contributed by atoms with van der Waals surface area (Å²) in [5.74, 6) is 1.32. The van der Waals surface area contributed by atoms with Crippen LogP contribution in [0.1, 0.15) is 43.0 Å². The summed E-state index contributed by atoms with van der Waals surface area (Å²) in [7, 11) is 0. The lowest BCUT2D eigenvalue weighted by atomic mass is 10.1. The Labute approximate surface area is 148 Å². The topological polar surface area (TPSA) is 68.5 Å². The Morgan fingerprint density at radius 3 is 2.96 bits per heavy atom. The second-order valence-corrected chi connectivity index (χ2v) is 6.48. The summed E-state index contributed by atoms with van der Waals surface area (Å²) in [6.07, 6.45) is 4.40. The van der Waals surface area contributed by atoms with Crippen molar-refractivity contribution in [3.63, 3.8) is 0 Å². The summed E-state index contributed by atoms with van der Waals surface area (Å²) in [5, 5.41) is 3.83. The van der Waals surface area contributed by atoms with Gasteiger partial charge in [0.1, 0.15) is 6.61 Å². The van der Waals surface area contributed by atoms with Gasteiger partial charge in [-0.3, -0.25) is 4.79 Å². The Kier molecular flexibility index (Phi) is 6.17. The van der Waals surface area contributed by atoms with Crippen LogP contribution in [-0.4, -0.2) is 40.1 Å². The standard InChI is InChI=1S/C19H25N3O3/c1-15-20-18(21-25-15)14-24-17-10-6-12-22(13-17)19(23)11-5-9-16-7-3-2-4-8-16/h2-4,7-8,17H,5-6,9-14H2,1H3. The molecule has 0 spiro atoms. The molecule has 1 atom stereocenters. The number of hydrogen-bond donors (Lipinski definition) is 0. The van der Waals surface area contributed by atoms with E-state index in [0.717, 1.165) is 32.2 Å².